The molecular weight excluding hydrogens is 199 g/mol. The van der Waals surface area contributed by atoms with Crippen LogP contribution in [0.25, 0.3) is 0 Å². The van der Waals surface area contributed by atoms with Crippen molar-refractivity contribution >= 4 is 18.7 Å². The van der Waals surface area contributed by atoms with E-state index in [1.54, 1.807) is 36.4 Å². The van der Waals surface area contributed by atoms with E-state index in [1.165, 1.54) is 0 Å². The van der Waals surface area contributed by atoms with Crippen LogP contribution >= 0.6 is 0 Å². The molecule has 0 saturated heterocycles. The molecule has 0 saturated carbocycles. The van der Waals surface area contributed by atoms with Gasteiger partial charge in [-0.05, 0) is 0 Å². The highest BCUT2D eigenvalue weighted by Gasteiger charge is 2.07. The van der Waals surface area contributed by atoms with E-state index in [0.717, 1.165) is 5.46 Å². The molecular formula is C13H11BO2. The second-order valence-electron chi connectivity index (χ2n) is 3.55. The summed E-state index contributed by atoms with van der Waals surface area (Å²) in [5.41, 5.74) is 2.13. The van der Waals surface area contributed by atoms with Crippen LogP contribution in [0.3, 0.4) is 0 Å². The lowest BCUT2D eigenvalue weighted by Crippen LogP contribution is -2.13. The van der Waals surface area contributed by atoms with Gasteiger partial charge in [-0.1, -0.05) is 60.1 Å². The molecule has 0 unspecified atom stereocenters. The average Bonchev–Trinajstić information content (AvgIpc) is 2.39. The molecule has 2 nitrogen and oxygen atoms in total. The van der Waals surface area contributed by atoms with Crippen molar-refractivity contribution in [3.8, 4) is 0 Å². The van der Waals surface area contributed by atoms with Crippen LogP contribution in [-0.2, 0) is 0 Å². The third-order valence-corrected chi connectivity index (χ3v) is 2.43. The fraction of sp³-hybridized carbons (Fsp3) is 0. The molecule has 3 heteroatoms. The molecule has 78 valence electrons. The van der Waals surface area contributed by atoms with E-state index in [0.29, 0.717) is 11.1 Å². The highest BCUT2D eigenvalue weighted by molar-refractivity contribution is 6.45. The van der Waals surface area contributed by atoms with Crippen molar-refractivity contribution in [2.24, 2.45) is 0 Å². The number of benzene rings is 2. The van der Waals surface area contributed by atoms with Crippen LogP contribution in [0.2, 0.25) is 0 Å². The quantitative estimate of drug-likeness (QED) is 0.603. The van der Waals surface area contributed by atoms with Crippen LogP contribution in [0.5, 0.6) is 0 Å². The number of carbonyl (C=O) groups is 1. The minimum Gasteiger partial charge on any atom is -0.449 e. The normalized spacial score (nSPS) is 9.81. The molecule has 1 N–H and O–H groups in total. The van der Waals surface area contributed by atoms with Gasteiger partial charge in [0.2, 0.25) is 0 Å². The second-order valence-corrected chi connectivity index (χ2v) is 3.55. The summed E-state index contributed by atoms with van der Waals surface area (Å²) in [6, 6.07) is 16.1. The Morgan fingerprint density at radius 1 is 0.875 bits per heavy atom. The van der Waals surface area contributed by atoms with Crippen molar-refractivity contribution in [2.75, 3.05) is 0 Å². The predicted octanol–water partition coefficient (Wildman–Crippen LogP) is 0.887. The molecule has 0 radical (unpaired) electrons. The van der Waals surface area contributed by atoms with Crippen molar-refractivity contribution in [1.82, 2.24) is 0 Å². The molecule has 0 amide bonds. The van der Waals surface area contributed by atoms with Gasteiger partial charge in [0.25, 0.3) is 0 Å². The summed E-state index contributed by atoms with van der Waals surface area (Å²) < 4.78 is 0. The zero-order valence-electron chi connectivity index (χ0n) is 8.76. The maximum atomic E-state index is 12.0. The van der Waals surface area contributed by atoms with E-state index >= 15 is 0 Å². The summed E-state index contributed by atoms with van der Waals surface area (Å²) in [6.07, 6.45) is 0. The molecule has 0 bridgehead atoms. The molecule has 0 aromatic heterocycles. The molecule has 0 atom stereocenters. The number of rotatable bonds is 3. The Balaban J connectivity index is 2.28. The van der Waals surface area contributed by atoms with Gasteiger partial charge in [-0.2, -0.15) is 0 Å². The Bertz CT molecular complexity index is 477. The number of carbonyl (C=O) groups excluding carboxylic acids is 1. The maximum absolute atomic E-state index is 12.0. The number of ketones is 1. The van der Waals surface area contributed by atoms with Gasteiger partial charge in [0.15, 0.2) is 5.78 Å². The summed E-state index contributed by atoms with van der Waals surface area (Å²) in [5.74, 6) is 0.00471. The summed E-state index contributed by atoms with van der Waals surface area (Å²) >= 11 is 0. The van der Waals surface area contributed by atoms with Gasteiger partial charge in [-0.15, -0.1) is 0 Å². The smallest absolute Gasteiger partial charge is 0.304 e. The lowest BCUT2D eigenvalue weighted by atomic mass is 9.87. The molecule has 2 rings (SSSR count). The van der Waals surface area contributed by atoms with Crippen molar-refractivity contribution < 1.29 is 9.82 Å². The molecule has 2 aromatic carbocycles. The largest absolute Gasteiger partial charge is 0.449 e. The minimum atomic E-state index is -0.000191. The Kier molecular flexibility index (Phi) is 3.17. The third kappa shape index (κ3) is 2.20. The summed E-state index contributed by atoms with van der Waals surface area (Å²) in [4.78, 5) is 12.0. The molecule has 0 aliphatic carbocycles. The zero-order chi connectivity index (χ0) is 11.4. The van der Waals surface area contributed by atoms with E-state index in [-0.39, 0.29) is 13.3 Å². The maximum Gasteiger partial charge on any atom is 0.304 e. The van der Waals surface area contributed by atoms with Crippen LogP contribution < -0.4 is 5.46 Å². The fourth-order valence-corrected chi connectivity index (χ4v) is 1.52. The molecule has 0 aliphatic rings. The lowest BCUT2D eigenvalue weighted by molar-refractivity contribution is 0.103. The van der Waals surface area contributed by atoms with Gasteiger partial charge in [-0.25, -0.2) is 0 Å². The monoisotopic (exact) mass is 210 g/mol. The van der Waals surface area contributed by atoms with E-state index in [4.69, 9.17) is 5.02 Å². The molecule has 2 aromatic rings. The SMILES string of the molecule is O=C(c1ccccc1)c1ccc(BO)cc1. The Labute approximate surface area is 94.8 Å². The van der Waals surface area contributed by atoms with Gasteiger partial charge in [-0.3, -0.25) is 4.79 Å². The highest BCUT2D eigenvalue weighted by atomic mass is 16.2. The summed E-state index contributed by atoms with van der Waals surface area (Å²) in [7, 11) is -0.000191. The van der Waals surface area contributed by atoms with Crippen molar-refractivity contribution in [3.63, 3.8) is 0 Å². The number of hydrogen-bond acceptors (Lipinski definition) is 2. The topological polar surface area (TPSA) is 37.3 Å². The van der Waals surface area contributed by atoms with Crippen molar-refractivity contribution in [3.05, 3.63) is 65.7 Å². The van der Waals surface area contributed by atoms with Gasteiger partial charge >= 0.3 is 7.48 Å². The predicted molar refractivity (Wildman–Crippen MR) is 65.3 cm³/mol. The first-order valence-corrected chi connectivity index (χ1v) is 5.11. The van der Waals surface area contributed by atoms with Crippen molar-refractivity contribution in [1.29, 1.82) is 0 Å². The van der Waals surface area contributed by atoms with E-state index in [9.17, 15) is 4.79 Å². The van der Waals surface area contributed by atoms with Gasteiger partial charge < -0.3 is 5.02 Å². The first-order chi connectivity index (χ1) is 7.81. The molecule has 0 heterocycles. The first-order valence-electron chi connectivity index (χ1n) is 5.11. The first kappa shape index (κ1) is 10.6. The molecule has 0 aliphatic heterocycles. The highest BCUT2D eigenvalue weighted by Crippen LogP contribution is 2.08. The van der Waals surface area contributed by atoms with Crippen molar-refractivity contribution in [2.45, 2.75) is 0 Å². The standard InChI is InChI=1S/C13H11BO2/c15-13(10-4-2-1-3-5-10)11-6-8-12(14-16)9-7-11/h1-9,14,16H. The second kappa shape index (κ2) is 4.77. The van der Waals surface area contributed by atoms with Gasteiger partial charge in [0, 0.05) is 11.1 Å². The summed E-state index contributed by atoms with van der Waals surface area (Å²) in [6.45, 7) is 0. The Morgan fingerprint density at radius 2 is 1.44 bits per heavy atom. The van der Waals surface area contributed by atoms with Crippen LogP contribution in [-0.4, -0.2) is 18.3 Å². The lowest BCUT2D eigenvalue weighted by Gasteiger charge is -2.01. The average molecular weight is 210 g/mol. The van der Waals surface area contributed by atoms with Gasteiger partial charge in [0.1, 0.15) is 0 Å². The number of hydrogen-bond donors (Lipinski definition) is 1. The van der Waals surface area contributed by atoms with E-state index in [2.05, 4.69) is 0 Å². The Hall–Kier alpha value is -1.87. The van der Waals surface area contributed by atoms with E-state index < -0.39 is 0 Å². The van der Waals surface area contributed by atoms with Crippen LogP contribution in [0.4, 0.5) is 0 Å². The fourth-order valence-electron chi connectivity index (χ4n) is 1.52. The van der Waals surface area contributed by atoms with Crippen LogP contribution in [0.15, 0.2) is 54.6 Å². The van der Waals surface area contributed by atoms with Gasteiger partial charge in [0.05, 0.1) is 0 Å². The minimum absolute atomic E-state index is 0.000191. The summed E-state index contributed by atoms with van der Waals surface area (Å²) in [5, 5.41) is 8.90. The molecule has 0 spiro atoms. The van der Waals surface area contributed by atoms with Crippen LogP contribution in [0.1, 0.15) is 15.9 Å². The van der Waals surface area contributed by atoms with Crippen LogP contribution in [0, 0.1) is 0 Å². The van der Waals surface area contributed by atoms with E-state index in [1.807, 2.05) is 18.2 Å². The Morgan fingerprint density at radius 3 is 2.00 bits per heavy atom. The molecule has 16 heavy (non-hydrogen) atoms. The zero-order valence-corrected chi connectivity index (χ0v) is 8.76. The third-order valence-electron chi connectivity index (χ3n) is 2.43. The molecule has 0 fully saturated rings.